The summed E-state index contributed by atoms with van der Waals surface area (Å²) >= 11 is 1.51. The van der Waals surface area contributed by atoms with Crippen LogP contribution < -0.4 is 0 Å². The van der Waals surface area contributed by atoms with Crippen LogP contribution in [0.4, 0.5) is 0 Å². The summed E-state index contributed by atoms with van der Waals surface area (Å²) in [5.41, 5.74) is 3.25. The van der Waals surface area contributed by atoms with Gasteiger partial charge in [0.1, 0.15) is 5.25 Å². The van der Waals surface area contributed by atoms with Gasteiger partial charge < -0.3 is 5.11 Å². The quantitative estimate of drug-likeness (QED) is 0.528. The van der Waals surface area contributed by atoms with Gasteiger partial charge in [-0.1, -0.05) is 105 Å². The van der Waals surface area contributed by atoms with Crippen molar-refractivity contribution in [2.75, 3.05) is 0 Å². The van der Waals surface area contributed by atoms with Crippen molar-refractivity contribution in [2.45, 2.75) is 23.8 Å². The molecule has 3 aromatic carbocycles. The molecule has 2 nitrogen and oxygen atoms in total. The van der Waals surface area contributed by atoms with Crippen molar-refractivity contribution in [1.82, 2.24) is 0 Å². The molecule has 3 aromatic rings. The Kier molecular flexibility index (Phi) is 6.02. The monoisotopic (exact) mass is 376 g/mol. The maximum atomic E-state index is 12.1. The average molecular weight is 377 g/mol. The summed E-state index contributed by atoms with van der Waals surface area (Å²) in [5, 5.41) is 9.39. The number of benzene rings is 3. The molecule has 0 fully saturated rings. The zero-order valence-corrected chi connectivity index (χ0v) is 16.4. The lowest BCUT2D eigenvalue weighted by atomic mass is 9.84. The van der Waals surface area contributed by atoms with Gasteiger partial charge in [0.2, 0.25) is 0 Å². The van der Waals surface area contributed by atoms with Gasteiger partial charge in [-0.05, 0) is 22.6 Å². The summed E-state index contributed by atoms with van der Waals surface area (Å²) < 4.78 is -0.600. The van der Waals surface area contributed by atoms with Gasteiger partial charge in [-0.25, -0.2) is 0 Å². The Hall–Kier alpha value is -2.52. The summed E-state index contributed by atoms with van der Waals surface area (Å²) in [4.78, 5) is 12.1. The van der Waals surface area contributed by atoms with E-state index < -0.39 is 16.0 Å². The Morgan fingerprint density at radius 3 is 1.33 bits per heavy atom. The molecule has 3 heteroatoms. The van der Waals surface area contributed by atoms with Crippen LogP contribution in [-0.4, -0.2) is 16.3 Å². The average Bonchev–Trinajstić information content (AvgIpc) is 2.70. The predicted octanol–water partition coefficient (Wildman–Crippen LogP) is 5.82. The number of carboxylic acids is 1. The second-order valence-electron chi connectivity index (χ2n) is 6.90. The number of rotatable bonds is 7. The third kappa shape index (κ3) is 3.93. The molecule has 0 aromatic heterocycles. The van der Waals surface area contributed by atoms with Crippen LogP contribution in [0.5, 0.6) is 0 Å². The molecule has 0 amide bonds. The van der Waals surface area contributed by atoms with Crippen LogP contribution in [0.3, 0.4) is 0 Å². The first-order chi connectivity index (χ1) is 13.1. The molecule has 1 unspecified atom stereocenters. The highest BCUT2D eigenvalue weighted by atomic mass is 32.2. The van der Waals surface area contributed by atoms with Gasteiger partial charge >= 0.3 is 5.97 Å². The molecule has 0 heterocycles. The van der Waals surface area contributed by atoms with Gasteiger partial charge in [-0.3, -0.25) is 4.79 Å². The SMILES string of the molecule is CC(C)C(SC(c1ccccc1)(c1ccccc1)c1ccccc1)C(=O)O. The van der Waals surface area contributed by atoms with Crippen LogP contribution >= 0.6 is 11.8 Å². The molecule has 27 heavy (non-hydrogen) atoms. The van der Waals surface area contributed by atoms with Crippen LogP contribution in [0.2, 0.25) is 0 Å². The molecule has 0 spiro atoms. The number of carboxylic acid groups (broad SMARTS) is 1. The van der Waals surface area contributed by atoms with Gasteiger partial charge in [-0.2, -0.15) is 0 Å². The molecule has 0 aliphatic rings. The standard InChI is InChI=1S/C24H24O2S/c1-18(2)22(23(25)26)27-24(19-12-6-3-7-13-19,20-14-8-4-9-15-20)21-16-10-5-11-17-21/h3-18,22H,1-2H3,(H,25,26). The fourth-order valence-electron chi connectivity index (χ4n) is 3.38. The van der Waals surface area contributed by atoms with E-state index in [2.05, 4.69) is 36.4 Å². The van der Waals surface area contributed by atoms with E-state index in [0.29, 0.717) is 0 Å². The zero-order valence-electron chi connectivity index (χ0n) is 15.6. The first-order valence-electron chi connectivity index (χ1n) is 9.13. The van der Waals surface area contributed by atoms with Crippen molar-refractivity contribution in [3.8, 4) is 0 Å². The minimum absolute atomic E-state index is 0.00279. The lowest BCUT2D eigenvalue weighted by Gasteiger charge is -2.38. The second-order valence-corrected chi connectivity index (χ2v) is 8.26. The summed E-state index contributed by atoms with van der Waals surface area (Å²) in [5.74, 6) is -0.773. The third-order valence-electron chi connectivity index (χ3n) is 4.69. The molecule has 0 radical (unpaired) electrons. The molecule has 0 aliphatic heterocycles. The van der Waals surface area contributed by atoms with Gasteiger partial charge in [0.15, 0.2) is 0 Å². The maximum Gasteiger partial charge on any atom is 0.316 e. The third-order valence-corrected chi connectivity index (χ3v) is 6.75. The lowest BCUT2D eigenvalue weighted by Crippen LogP contribution is -2.33. The van der Waals surface area contributed by atoms with Crippen molar-refractivity contribution in [2.24, 2.45) is 5.92 Å². The van der Waals surface area contributed by atoms with Crippen molar-refractivity contribution >= 4 is 17.7 Å². The van der Waals surface area contributed by atoms with Crippen molar-refractivity contribution in [3.05, 3.63) is 108 Å². The Morgan fingerprint density at radius 2 is 1.07 bits per heavy atom. The molecule has 0 saturated heterocycles. The normalized spacial score (nSPS) is 12.7. The van der Waals surface area contributed by atoms with Crippen LogP contribution in [0.15, 0.2) is 91.0 Å². The number of thioether (sulfide) groups is 1. The van der Waals surface area contributed by atoms with Gasteiger partial charge in [0.05, 0.1) is 4.75 Å². The van der Waals surface area contributed by atoms with Crippen molar-refractivity contribution < 1.29 is 9.90 Å². The van der Waals surface area contributed by atoms with Gasteiger partial charge in [0, 0.05) is 0 Å². The molecule has 0 aliphatic carbocycles. The first-order valence-corrected chi connectivity index (χ1v) is 10.0. The molecule has 0 bridgehead atoms. The Labute approximate surface area is 165 Å². The highest BCUT2D eigenvalue weighted by Crippen LogP contribution is 2.51. The Morgan fingerprint density at radius 1 is 0.741 bits per heavy atom. The highest BCUT2D eigenvalue weighted by Gasteiger charge is 2.42. The maximum absolute atomic E-state index is 12.1. The predicted molar refractivity (Wildman–Crippen MR) is 113 cm³/mol. The minimum atomic E-state index is -0.776. The molecule has 0 saturated carbocycles. The first kappa shape index (κ1) is 19.2. The largest absolute Gasteiger partial charge is 0.480 e. The Balaban J connectivity index is 2.30. The van der Waals surface area contributed by atoms with Crippen molar-refractivity contribution in [3.63, 3.8) is 0 Å². The minimum Gasteiger partial charge on any atom is -0.480 e. The number of hydrogen-bond donors (Lipinski definition) is 1. The van der Waals surface area contributed by atoms with Crippen molar-refractivity contribution in [1.29, 1.82) is 0 Å². The van der Waals surface area contributed by atoms with E-state index in [9.17, 15) is 9.90 Å². The number of aliphatic carboxylic acids is 1. The number of carbonyl (C=O) groups is 1. The fourth-order valence-corrected chi connectivity index (χ4v) is 4.96. The van der Waals surface area contributed by atoms with Gasteiger partial charge in [0.25, 0.3) is 0 Å². The number of hydrogen-bond acceptors (Lipinski definition) is 2. The van der Waals surface area contributed by atoms with E-state index in [-0.39, 0.29) is 5.92 Å². The summed E-state index contributed by atoms with van der Waals surface area (Å²) in [6.45, 7) is 3.94. The molecule has 138 valence electrons. The summed E-state index contributed by atoms with van der Waals surface area (Å²) in [7, 11) is 0. The van der Waals surface area contributed by atoms with Gasteiger partial charge in [-0.15, -0.1) is 11.8 Å². The zero-order chi connectivity index (χ0) is 19.3. The molecule has 1 N–H and O–H groups in total. The smallest absolute Gasteiger partial charge is 0.316 e. The topological polar surface area (TPSA) is 37.3 Å². The van der Waals surface area contributed by atoms with Crippen LogP contribution in [0.1, 0.15) is 30.5 Å². The van der Waals surface area contributed by atoms with Crippen LogP contribution in [0, 0.1) is 5.92 Å². The van der Waals surface area contributed by atoms with E-state index in [1.54, 1.807) is 0 Å². The molecular formula is C24H24O2S. The summed E-state index contributed by atoms with van der Waals surface area (Å²) in [6, 6.07) is 30.6. The van der Waals surface area contributed by atoms with E-state index in [0.717, 1.165) is 16.7 Å². The lowest BCUT2D eigenvalue weighted by molar-refractivity contribution is -0.137. The summed E-state index contributed by atoms with van der Waals surface area (Å²) in [6.07, 6.45) is 0. The fraction of sp³-hybridized carbons (Fsp3) is 0.208. The highest BCUT2D eigenvalue weighted by molar-refractivity contribution is 8.01. The molecular weight excluding hydrogens is 352 g/mol. The van der Waals surface area contributed by atoms with Crippen LogP contribution in [-0.2, 0) is 9.54 Å². The molecule has 1 atom stereocenters. The van der Waals surface area contributed by atoms with E-state index in [1.165, 1.54) is 11.8 Å². The van der Waals surface area contributed by atoms with Crippen LogP contribution in [0.25, 0.3) is 0 Å². The van der Waals surface area contributed by atoms with E-state index in [1.807, 2.05) is 68.4 Å². The second kappa shape index (κ2) is 8.45. The van der Waals surface area contributed by atoms with E-state index in [4.69, 9.17) is 0 Å². The molecule has 3 rings (SSSR count). The Bertz CT molecular complexity index is 764. The van der Waals surface area contributed by atoms with E-state index >= 15 is 0 Å².